The Morgan fingerprint density at radius 2 is 2.00 bits per heavy atom. The molecule has 0 bridgehead atoms. The Morgan fingerprint density at radius 1 is 1.27 bits per heavy atom. The number of carbonyl (C=O) groups is 1. The van der Waals surface area contributed by atoms with Crippen LogP contribution in [0.3, 0.4) is 0 Å². The Hall–Kier alpha value is -1.60. The number of aliphatic hydroxyl groups excluding tert-OH is 1. The monoisotopic (exact) mass is 430 g/mol. The zero-order chi connectivity index (χ0) is 21.7. The van der Waals surface area contributed by atoms with Crippen LogP contribution < -0.4 is 5.48 Å². The molecule has 0 saturated heterocycles. The minimum absolute atomic E-state index is 0.0132. The van der Waals surface area contributed by atoms with E-state index in [-0.39, 0.29) is 23.4 Å². The normalized spacial score (nSPS) is 22.2. The molecule has 0 radical (unpaired) electrons. The van der Waals surface area contributed by atoms with Crippen LogP contribution in [0.2, 0.25) is 0 Å². The van der Waals surface area contributed by atoms with Crippen molar-refractivity contribution in [1.82, 2.24) is 10.5 Å². The summed E-state index contributed by atoms with van der Waals surface area (Å²) in [5.41, 5.74) is 8.25. The number of hydroxylamine groups is 1. The van der Waals surface area contributed by atoms with Gasteiger partial charge >= 0.3 is 0 Å². The minimum Gasteiger partial charge on any atom is -0.393 e. The van der Waals surface area contributed by atoms with Crippen LogP contribution in [0.5, 0.6) is 0 Å². The zero-order valence-electron chi connectivity index (χ0n) is 18.5. The summed E-state index contributed by atoms with van der Waals surface area (Å²) >= 11 is 1.65. The predicted molar refractivity (Wildman–Crippen MR) is 121 cm³/mol. The molecule has 5 nitrogen and oxygen atoms in total. The number of nitrogens with one attached hydrogen (secondary N) is 1. The first-order valence-electron chi connectivity index (χ1n) is 10.8. The average Bonchev–Trinajstić information content (AvgIpc) is 3.10. The van der Waals surface area contributed by atoms with Gasteiger partial charge in [-0.3, -0.25) is 4.79 Å². The van der Waals surface area contributed by atoms with E-state index < -0.39 is 0 Å². The Bertz CT molecular complexity index is 826. The number of carbonyl (C=O) groups excluding carboxylic acids is 1. The largest absolute Gasteiger partial charge is 0.393 e. The van der Waals surface area contributed by atoms with Crippen LogP contribution in [0.1, 0.15) is 57.7 Å². The Balaban J connectivity index is 1.49. The van der Waals surface area contributed by atoms with Gasteiger partial charge in [0.1, 0.15) is 5.78 Å². The van der Waals surface area contributed by atoms with Crippen molar-refractivity contribution in [3.63, 3.8) is 0 Å². The van der Waals surface area contributed by atoms with E-state index in [0.717, 1.165) is 17.7 Å². The van der Waals surface area contributed by atoms with Gasteiger partial charge in [0.15, 0.2) is 0 Å². The van der Waals surface area contributed by atoms with E-state index in [1.807, 2.05) is 12.4 Å². The molecule has 2 unspecified atom stereocenters. The van der Waals surface area contributed by atoms with Gasteiger partial charge in [-0.1, -0.05) is 45.0 Å². The molecule has 2 aromatic rings. The van der Waals surface area contributed by atoms with Crippen molar-refractivity contribution in [2.75, 3.05) is 6.61 Å². The number of thiazole rings is 1. The van der Waals surface area contributed by atoms with Gasteiger partial charge in [0.25, 0.3) is 0 Å². The number of Topliss-reactive ketones (excluding diaryl/α,β-unsaturated/α-hetero) is 1. The molecule has 1 aromatic carbocycles. The van der Waals surface area contributed by atoms with Gasteiger partial charge in [0.2, 0.25) is 0 Å². The van der Waals surface area contributed by atoms with Crippen LogP contribution >= 0.6 is 11.3 Å². The number of aromatic nitrogens is 1. The maximum atomic E-state index is 12.8. The lowest BCUT2D eigenvalue weighted by atomic mass is 9.73. The number of nitrogens with zero attached hydrogens (tertiary/aromatic N) is 1. The van der Waals surface area contributed by atoms with Gasteiger partial charge < -0.3 is 9.94 Å². The van der Waals surface area contributed by atoms with Crippen molar-refractivity contribution in [2.45, 2.75) is 66.0 Å². The van der Waals surface area contributed by atoms with Crippen LogP contribution in [-0.4, -0.2) is 28.6 Å². The Kier molecular flexibility index (Phi) is 7.80. The highest BCUT2D eigenvalue weighted by atomic mass is 32.1. The van der Waals surface area contributed by atoms with E-state index in [1.165, 1.54) is 10.4 Å². The highest BCUT2D eigenvalue weighted by Crippen LogP contribution is 2.34. The molecule has 1 saturated carbocycles. The minimum atomic E-state index is -0.333. The molecule has 0 amide bonds. The molecule has 164 valence electrons. The number of aliphatic hydroxyl groups is 1. The van der Waals surface area contributed by atoms with Gasteiger partial charge in [-0.15, -0.1) is 11.3 Å². The fraction of sp³-hybridized carbons (Fsp3) is 0.583. The molecule has 1 aliphatic rings. The van der Waals surface area contributed by atoms with Gasteiger partial charge in [-0.05, 0) is 48.6 Å². The molecule has 1 aliphatic carbocycles. The first-order valence-corrected chi connectivity index (χ1v) is 11.7. The van der Waals surface area contributed by atoms with E-state index in [9.17, 15) is 9.90 Å². The summed E-state index contributed by atoms with van der Waals surface area (Å²) < 4.78 is 0. The van der Waals surface area contributed by atoms with Crippen LogP contribution in [0.25, 0.3) is 10.4 Å². The van der Waals surface area contributed by atoms with Crippen LogP contribution in [0.4, 0.5) is 0 Å². The van der Waals surface area contributed by atoms with Crippen molar-refractivity contribution in [1.29, 1.82) is 0 Å². The summed E-state index contributed by atoms with van der Waals surface area (Å²) in [7, 11) is 0. The van der Waals surface area contributed by atoms with Crippen LogP contribution in [-0.2, 0) is 16.2 Å². The predicted octanol–water partition coefficient (Wildman–Crippen LogP) is 4.92. The Labute approximate surface area is 183 Å². The SMILES string of the molecule is Cc1ncsc1-c1ccc(CNOC[C@@H]2CC(O)CCC2C(=O)CC(C)(C)C)cc1. The van der Waals surface area contributed by atoms with Gasteiger partial charge in [0.05, 0.1) is 28.8 Å². The summed E-state index contributed by atoms with van der Waals surface area (Å²) in [6.07, 6.45) is 2.33. The van der Waals surface area contributed by atoms with E-state index in [2.05, 4.69) is 55.5 Å². The molecular weight excluding hydrogens is 396 g/mol. The second kappa shape index (κ2) is 10.1. The average molecular weight is 431 g/mol. The van der Waals surface area contributed by atoms with E-state index in [4.69, 9.17) is 4.84 Å². The standard InChI is InChI=1S/C24H34N2O3S/c1-16-23(30-15-25-16)18-7-5-17(6-8-18)13-26-29-14-19-11-20(27)9-10-21(19)22(28)12-24(2,3)4/h5-8,15,19-21,26-27H,9-14H2,1-4H3/t19-,20?,21?/m0/s1. The summed E-state index contributed by atoms with van der Waals surface area (Å²) in [4.78, 5) is 24.0. The van der Waals surface area contributed by atoms with Crippen molar-refractivity contribution < 1.29 is 14.7 Å². The highest BCUT2D eigenvalue weighted by Gasteiger charge is 2.35. The number of hydrogen-bond donors (Lipinski definition) is 2. The molecule has 1 heterocycles. The van der Waals surface area contributed by atoms with Crippen LogP contribution in [0.15, 0.2) is 29.8 Å². The molecule has 1 fully saturated rings. The number of benzene rings is 1. The lowest BCUT2D eigenvalue weighted by Crippen LogP contribution is -2.37. The van der Waals surface area contributed by atoms with E-state index >= 15 is 0 Å². The lowest BCUT2D eigenvalue weighted by Gasteiger charge is -2.34. The smallest absolute Gasteiger partial charge is 0.136 e. The van der Waals surface area contributed by atoms with E-state index in [1.54, 1.807) is 11.3 Å². The molecule has 0 aliphatic heterocycles. The third kappa shape index (κ3) is 6.45. The van der Waals surface area contributed by atoms with E-state index in [0.29, 0.717) is 38.2 Å². The number of rotatable bonds is 8. The third-order valence-electron chi connectivity index (χ3n) is 5.71. The molecule has 3 atom stereocenters. The second-order valence-corrected chi connectivity index (χ2v) is 10.5. The van der Waals surface area contributed by atoms with Gasteiger partial charge in [-0.2, -0.15) is 5.48 Å². The Morgan fingerprint density at radius 3 is 2.63 bits per heavy atom. The molecule has 30 heavy (non-hydrogen) atoms. The summed E-state index contributed by atoms with van der Waals surface area (Å²) in [6, 6.07) is 8.39. The first kappa shape index (κ1) is 23.1. The number of ketones is 1. The maximum Gasteiger partial charge on any atom is 0.136 e. The van der Waals surface area contributed by atoms with Crippen LogP contribution in [0, 0.1) is 24.2 Å². The summed E-state index contributed by atoms with van der Waals surface area (Å²) in [5.74, 6) is 0.348. The molecule has 2 N–H and O–H groups in total. The summed E-state index contributed by atoms with van der Waals surface area (Å²) in [5, 5.41) is 10.1. The summed E-state index contributed by atoms with van der Waals surface area (Å²) in [6.45, 7) is 9.34. The number of hydrogen-bond acceptors (Lipinski definition) is 6. The zero-order valence-corrected chi connectivity index (χ0v) is 19.3. The van der Waals surface area contributed by atoms with Crippen molar-refractivity contribution >= 4 is 17.1 Å². The van der Waals surface area contributed by atoms with Crippen molar-refractivity contribution in [3.8, 4) is 10.4 Å². The maximum absolute atomic E-state index is 12.8. The third-order valence-corrected chi connectivity index (χ3v) is 6.69. The second-order valence-electron chi connectivity index (χ2n) is 9.63. The van der Waals surface area contributed by atoms with Crippen molar-refractivity contribution in [3.05, 3.63) is 41.0 Å². The topological polar surface area (TPSA) is 71.5 Å². The van der Waals surface area contributed by atoms with Gasteiger partial charge in [-0.25, -0.2) is 4.98 Å². The van der Waals surface area contributed by atoms with Gasteiger partial charge in [0, 0.05) is 18.9 Å². The number of aryl methyl sites for hydroxylation is 1. The first-order chi connectivity index (χ1) is 14.2. The molecule has 6 heteroatoms. The molecule has 0 spiro atoms. The molecular formula is C24H34N2O3S. The fourth-order valence-corrected chi connectivity index (χ4v) is 4.97. The molecule has 3 rings (SSSR count). The quantitative estimate of drug-likeness (QED) is 0.459. The lowest BCUT2D eigenvalue weighted by molar-refractivity contribution is -0.131. The van der Waals surface area contributed by atoms with Crippen molar-refractivity contribution in [2.24, 2.45) is 17.3 Å². The molecule has 1 aromatic heterocycles. The highest BCUT2D eigenvalue weighted by molar-refractivity contribution is 7.13. The fourth-order valence-electron chi connectivity index (χ4n) is 4.15.